The molecule has 0 unspecified atom stereocenters. The molecule has 8 heteroatoms. The Morgan fingerprint density at radius 2 is 2.21 bits per heavy atom. The third-order valence-corrected chi connectivity index (χ3v) is 2.57. The molecule has 100 valence electrons. The van der Waals surface area contributed by atoms with Crippen molar-refractivity contribution in [2.45, 2.75) is 6.54 Å². The number of aromatic nitrogens is 2. The molecule has 0 saturated heterocycles. The SMILES string of the molecule is Cn1ccnc1CNc1cc(F)cc(F)c1[N+](=O)[O-]. The summed E-state index contributed by atoms with van der Waals surface area (Å²) in [5.74, 6) is -1.52. The maximum absolute atomic E-state index is 13.4. The van der Waals surface area contributed by atoms with Gasteiger partial charge in [0.1, 0.15) is 17.3 Å². The summed E-state index contributed by atoms with van der Waals surface area (Å²) in [6.45, 7) is 0.118. The van der Waals surface area contributed by atoms with Crippen LogP contribution in [-0.4, -0.2) is 14.5 Å². The molecule has 2 aromatic rings. The lowest BCUT2D eigenvalue weighted by molar-refractivity contribution is -0.386. The lowest BCUT2D eigenvalue weighted by atomic mass is 10.2. The highest BCUT2D eigenvalue weighted by Gasteiger charge is 2.22. The van der Waals surface area contributed by atoms with Crippen molar-refractivity contribution in [1.82, 2.24) is 9.55 Å². The van der Waals surface area contributed by atoms with Crippen molar-refractivity contribution in [3.8, 4) is 0 Å². The topological polar surface area (TPSA) is 73.0 Å². The van der Waals surface area contributed by atoms with Gasteiger partial charge in [0.2, 0.25) is 5.82 Å². The number of aryl methyl sites for hydroxylation is 1. The summed E-state index contributed by atoms with van der Waals surface area (Å²) in [5, 5.41) is 13.4. The van der Waals surface area contributed by atoms with Crippen molar-refractivity contribution in [2.24, 2.45) is 7.05 Å². The van der Waals surface area contributed by atoms with Crippen LogP contribution in [0.4, 0.5) is 20.2 Å². The number of nitrogens with one attached hydrogen (secondary N) is 1. The van der Waals surface area contributed by atoms with Crippen LogP contribution in [0.2, 0.25) is 0 Å². The van der Waals surface area contributed by atoms with E-state index in [0.717, 1.165) is 6.07 Å². The summed E-state index contributed by atoms with van der Waals surface area (Å²) in [4.78, 5) is 13.9. The van der Waals surface area contributed by atoms with Gasteiger partial charge in [0.25, 0.3) is 0 Å². The zero-order valence-electron chi connectivity index (χ0n) is 9.93. The molecule has 1 N–H and O–H groups in total. The fourth-order valence-corrected chi connectivity index (χ4v) is 1.63. The fraction of sp³-hybridized carbons (Fsp3) is 0.182. The summed E-state index contributed by atoms with van der Waals surface area (Å²) in [6, 6.07) is 1.36. The summed E-state index contributed by atoms with van der Waals surface area (Å²) < 4.78 is 28.1. The number of hydrogen-bond donors (Lipinski definition) is 1. The third kappa shape index (κ3) is 2.67. The molecule has 1 aromatic heterocycles. The highest BCUT2D eigenvalue weighted by Crippen LogP contribution is 2.29. The van der Waals surface area contributed by atoms with Crippen LogP contribution >= 0.6 is 0 Å². The molecular weight excluding hydrogens is 258 g/mol. The molecule has 0 aliphatic carbocycles. The van der Waals surface area contributed by atoms with Gasteiger partial charge in [0.05, 0.1) is 11.5 Å². The molecule has 0 atom stereocenters. The molecule has 0 aliphatic heterocycles. The molecule has 0 spiro atoms. The van der Waals surface area contributed by atoms with Crippen LogP contribution in [0.5, 0.6) is 0 Å². The molecule has 0 fully saturated rings. The summed E-state index contributed by atoms with van der Waals surface area (Å²) in [6.07, 6.45) is 3.25. The average Bonchev–Trinajstić information content (AvgIpc) is 2.70. The third-order valence-electron chi connectivity index (χ3n) is 2.57. The molecule has 0 aliphatic rings. The van der Waals surface area contributed by atoms with Gasteiger partial charge < -0.3 is 9.88 Å². The Bertz CT molecular complexity index is 627. The number of nitro benzene ring substituents is 1. The number of benzene rings is 1. The Morgan fingerprint density at radius 1 is 1.47 bits per heavy atom. The van der Waals surface area contributed by atoms with E-state index in [2.05, 4.69) is 10.3 Å². The van der Waals surface area contributed by atoms with E-state index in [1.165, 1.54) is 0 Å². The molecule has 1 heterocycles. The summed E-state index contributed by atoms with van der Waals surface area (Å²) in [7, 11) is 1.74. The Hall–Kier alpha value is -2.51. The van der Waals surface area contributed by atoms with E-state index in [9.17, 15) is 18.9 Å². The number of halogens is 2. The minimum absolute atomic E-state index is 0.118. The van der Waals surface area contributed by atoms with E-state index in [-0.39, 0.29) is 12.2 Å². The summed E-state index contributed by atoms with van der Waals surface area (Å²) in [5.41, 5.74) is -0.999. The zero-order chi connectivity index (χ0) is 14.0. The second kappa shape index (κ2) is 5.01. The van der Waals surface area contributed by atoms with Crippen molar-refractivity contribution in [3.63, 3.8) is 0 Å². The Kier molecular flexibility index (Phi) is 3.41. The van der Waals surface area contributed by atoms with E-state index >= 15 is 0 Å². The van der Waals surface area contributed by atoms with E-state index in [0.29, 0.717) is 11.9 Å². The van der Waals surface area contributed by atoms with Crippen molar-refractivity contribution in [3.05, 3.63) is 52.1 Å². The highest BCUT2D eigenvalue weighted by atomic mass is 19.1. The smallest absolute Gasteiger partial charge is 0.327 e. The zero-order valence-corrected chi connectivity index (χ0v) is 9.93. The number of rotatable bonds is 4. The van der Waals surface area contributed by atoms with Crippen LogP contribution in [0.1, 0.15) is 5.82 Å². The average molecular weight is 268 g/mol. The van der Waals surface area contributed by atoms with Crippen LogP contribution < -0.4 is 5.32 Å². The normalized spacial score (nSPS) is 10.5. The molecule has 19 heavy (non-hydrogen) atoms. The van der Waals surface area contributed by atoms with Gasteiger partial charge in [-0.15, -0.1) is 0 Å². The monoisotopic (exact) mass is 268 g/mol. The lowest BCUT2D eigenvalue weighted by Gasteiger charge is -2.07. The van der Waals surface area contributed by atoms with Gasteiger partial charge >= 0.3 is 5.69 Å². The van der Waals surface area contributed by atoms with E-state index in [1.807, 2.05) is 0 Å². The first-order valence-electron chi connectivity index (χ1n) is 5.32. The highest BCUT2D eigenvalue weighted by molar-refractivity contribution is 5.62. The molecule has 6 nitrogen and oxygen atoms in total. The second-order valence-corrected chi connectivity index (χ2v) is 3.85. The molecule has 0 radical (unpaired) electrons. The van der Waals surface area contributed by atoms with Crippen molar-refractivity contribution < 1.29 is 13.7 Å². The fourth-order valence-electron chi connectivity index (χ4n) is 1.63. The van der Waals surface area contributed by atoms with Crippen molar-refractivity contribution in [1.29, 1.82) is 0 Å². The van der Waals surface area contributed by atoms with Gasteiger partial charge in [0, 0.05) is 31.6 Å². The minimum Gasteiger partial charge on any atom is -0.372 e. The number of nitrogens with zero attached hydrogens (tertiary/aromatic N) is 3. The Balaban J connectivity index is 2.29. The van der Waals surface area contributed by atoms with Crippen LogP contribution in [0.3, 0.4) is 0 Å². The summed E-state index contributed by atoms with van der Waals surface area (Å²) >= 11 is 0. The van der Waals surface area contributed by atoms with E-state index in [1.54, 1.807) is 24.0 Å². The number of nitro groups is 1. The van der Waals surface area contributed by atoms with Gasteiger partial charge in [0.15, 0.2) is 0 Å². The number of imidazole rings is 1. The first-order valence-corrected chi connectivity index (χ1v) is 5.32. The Morgan fingerprint density at radius 3 is 2.79 bits per heavy atom. The predicted octanol–water partition coefficient (Wildman–Crippen LogP) is 2.22. The van der Waals surface area contributed by atoms with Gasteiger partial charge in [-0.1, -0.05) is 0 Å². The molecule has 1 aromatic carbocycles. The molecule has 0 saturated carbocycles. The van der Waals surface area contributed by atoms with E-state index in [4.69, 9.17) is 0 Å². The maximum atomic E-state index is 13.4. The van der Waals surface area contributed by atoms with Crippen molar-refractivity contribution in [2.75, 3.05) is 5.32 Å². The number of anilines is 1. The quantitative estimate of drug-likeness (QED) is 0.681. The standard InChI is InChI=1S/C11H10F2N4O2/c1-16-3-2-14-10(16)6-15-9-5-7(12)4-8(13)11(9)17(18)19/h2-5,15H,6H2,1H3. The maximum Gasteiger partial charge on any atom is 0.327 e. The van der Waals surface area contributed by atoms with Crippen LogP contribution in [0.25, 0.3) is 0 Å². The number of hydrogen-bond acceptors (Lipinski definition) is 4. The molecule has 0 bridgehead atoms. The van der Waals surface area contributed by atoms with Gasteiger partial charge in [-0.25, -0.2) is 9.37 Å². The second-order valence-electron chi connectivity index (χ2n) is 3.85. The van der Waals surface area contributed by atoms with Crippen LogP contribution in [0, 0.1) is 21.7 Å². The van der Waals surface area contributed by atoms with Crippen molar-refractivity contribution >= 4 is 11.4 Å². The minimum atomic E-state index is -1.22. The first-order chi connectivity index (χ1) is 8.99. The lowest BCUT2D eigenvalue weighted by Crippen LogP contribution is -2.08. The van der Waals surface area contributed by atoms with Crippen LogP contribution in [0.15, 0.2) is 24.5 Å². The largest absolute Gasteiger partial charge is 0.372 e. The van der Waals surface area contributed by atoms with Gasteiger partial charge in [-0.3, -0.25) is 10.1 Å². The molecule has 2 rings (SSSR count). The Labute approximate surface area is 106 Å². The van der Waals surface area contributed by atoms with E-state index < -0.39 is 22.2 Å². The van der Waals surface area contributed by atoms with Crippen LogP contribution in [-0.2, 0) is 13.6 Å². The molecular formula is C11H10F2N4O2. The first kappa shape index (κ1) is 12.9. The molecule has 0 amide bonds. The predicted molar refractivity (Wildman–Crippen MR) is 63.5 cm³/mol. The van der Waals surface area contributed by atoms with Gasteiger partial charge in [-0.05, 0) is 0 Å². The van der Waals surface area contributed by atoms with Gasteiger partial charge in [-0.2, -0.15) is 4.39 Å².